The van der Waals surface area contributed by atoms with Crippen molar-refractivity contribution >= 4 is 35.7 Å². The number of hydrogen-bond donors (Lipinski definition) is 1. The average Bonchev–Trinajstić information content (AvgIpc) is 2.80. The third kappa shape index (κ3) is 6.63. The molecule has 33 heavy (non-hydrogen) atoms. The van der Waals surface area contributed by atoms with Gasteiger partial charge in [0.1, 0.15) is 5.75 Å². The monoisotopic (exact) mass is 494 g/mol. The van der Waals surface area contributed by atoms with E-state index in [2.05, 4.69) is 42.5 Å². The van der Waals surface area contributed by atoms with E-state index in [1.165, 1.54) is 25.7 Å². The number of rotatable bonds is 10. The molecule has 2 bridgehead atoms. The minimum atomic E-state index is -0.509. The zero-order valence-electron chi connectivity index (χ0n) is 20.0. The predicted octanol–water partition coefficient (Wildman–Crippen LogP) is 6.60. The zero-order chi connectivity index (χ0) is 21.8. The van der Waals surface area contributed by atoms with Crippen LogP contribution in [0.3, 0.4) is 0 Å². The molecule has 0 aliphatic carbocycles. The van der Waals surface area contributed by atoms with Crippen molar-refractivity contribution in [1.82, 2.24) is 9.88 Å². The summed E-state index contributed by atoms with van der Waals surface area (Å²) in [4.78, 5) is 6.99. The van der Waals surface area contributed by atoms with Crippen molar-refractivity contribution in [2.45, 2.75) is 64.5 Å². The molecule has 184 valence electrons. The van der Waals surface area contributed by atoms with Gasteiger partial charge in [0.25, 0.3) is 0 Å². The summed E-state index contributed by atoms with van der Waals surface area (Å²) in [7, 11) is 0. The Morgan fingerprint density at radius 3 is 2.73 bits per heavy atom. The van der Waals surface area contributed by atoms with Crippen LogP contribution < -0.4 is 4.74 Å². The lowest BCUT2D eigenvalue weighted by molar-refractivity contribution is -0.0444. The number of nitrogens with zero attached hydrogens (tertiary/aromatic N) is 2. The second kappa shape index (κ2) is 12.9. The molecule has 3 aliphatic heterocycles. The Morgan fingerprint density at radius 2 is 2.03 bits per heavy atom. The summed E-state index contributed by atoms with van der Waals surface area (Å²) in [5, 5.41) is 12.4. The Bertz CT molecular complexity index is 892. The first-order valence-electron chi connectivity index (χ1n) is 12.1. The van der Waals surface area contributed by atoms with Crippen LogP contribution in [0.2, 0.25) is 0 Å². The molecule has 6 heteroatoms. The van der Waals surface area contributed by atoms with Gasteiger partial charge in [0.05, 0.1) is 18.2 Å². The summed E-state index contributed by atoms with van der Waals surface area (Å²) in [6.07, 6.45) is 10.5. The van der Waals surface area contributed by atoms with Crippen LogP contribution in [-0.2, 0) is 0 Å². The van der Waals surface area contributed by atoms with Crippen LogP contribution in [0.1, 0.15) is 64.0 Å². The van der Waals surface area contributed by atoms with Gasteiger partial charge in [0, 0.05) is 24.2 Å². The van der Waals surface area contributed by atoms with Crippen molar-refractivity contribution in [3.63, 3.8) is 0 Å². The van der Waals surface area contributed by atoms with E-state index in [0.29, 0.717) is 11.8 Å². The maximum Gasteiger partial charge on any atom is 0.120 e. The fourth-order valence-electron chi connectivity index (χ4n) is 5.43. The molecule has 3 saturated heterocycles. The molecule has 0 radical (unpaired) electrons. The topological polar surface area (TPSA) is 45.6 Å². The molecule has 5 atom stereocenters. The molecule has 4 heterocycles. The second-order valence-electron chi connectivity index (χ2n) is 9.86. The van der Waals surface area contributed by atoms with Crippen LogP contribution in [0, 0.1) is 17.8 Å². The fraction of sp³-hybridized carbons (Fsp3) is 0.593. The molecular weight excluding hydrogens is 455 g/mol. The summed E-state index contributed by atoms with van der Waals surface area (Å²) in [5.74, 6) is 2.85. The van der Waals surface area contributed by atoms with Crippen molar-refractivity contribution in [2.24, 2.45) is 17.8 Å². The van der Waals surface area contributed by atoms with Gasteiger partial charge in [-0.05, 0) is 73.4 Å². The van der Waals surface area contributed by atoms with Crippen molar-refractivity contribution in [1.29, 1.82) is 0 Å². The van der Waals surface area contributed by atoms with Gasteiger partial charge in [-0.15, -0.1) is 31.4 Å². The Kier molecular flexibility index (Phi) is 10.9. The normalized spacial score (nSPS) is 24.7. The average molecular weight is 496 g/mol. The predicted molar refractivity (Wildman–Crippen MR) is 142 cm³/mol. The highest BCUT2D eigenvalue weighted by Crippen LogP contribution is 2.42. The van der Waals surface area contributed by atoms with E-state index in [-0.39, 0.29) is 30.9 Å². The summed E-state index contributed by atoms with van der Waals surface area (Å²) < 4.78 is 6.05. The Hall–Kier alpha value is -1.33. The summed E-state index contributed by atoms with van der Waals surface area (Å²) in [6, 6.07) is 8.24. The third-order valence-electron chi connectivity index (χ3n) is 7.28. The first-order valence-corrected chi connectivity index (χ1v) is 12.1. The Balaban J connectivity index is 0.00000193. The molecule has 1 aromatic carbocycles. The lowest BCUT2D eigenvalue weighted by Crippen LogP contribution is -2.54. The number of aromatic nitrogens is 1. The van der Waals surface area contributed by atoms with Crippen molar-refractivity contribution in [2.75, 3.05) is 19.7 Å². The second-order valence-corrected chi connectivity index (χ2v) is 9.86. The minimum absolute atomic E-state index is 0. The number of hydrogen-bond acceptors (Lipinski definition) is 4. The molecule has 2 aromatic rings. The Labute approximate surface area is 211 Å². The summed E-state index contributed by atoms with van der Waals surface area (Å²) in [6.45, 7) is 11.4. The number of aliphatic hydroxyl groups excluding tert-OH is 1. The van der Waals surface area contributed by atoms with E-state index in [1.807, 2.05) is 24.4 Å². The number of halogens is 2. The highest BCUT2D eigenvalue weighted by Gasteiger charge is 2.42. The highest BCUT2D eigenvalue weighted by molar-refractivity contribution is 5.85. The van der Waals surface area contributed by atoms with Crippen molar-refractivity contribution in [3.8, 4) is 5.75 Å². The van der Waals surface area contributed by atoms with E-state index in [4.69, 9.17) is 4.74 Å². The van der Waals surface area contributed by atoms with E-state index in [9.17, 15) is 5.11 Å². The maximum atomic E-state index is 11.4. The number of unbranched alkanes of at least 4 members (excludes halogenated alkanes) is 2. The Morgan fingerprint density at radius 1 is 1.21 bits per heavy atom. The quantitative estimate of drug-likeness (QED) is 0.298. The lowest BCUT2D eigenvalue weighted by atomic mass is 9.73. The molecule has 1 aromatic heterocycles. The standard InChI is InChI=1S/C27H38N2O2.2ClH/c1-4-20-18-29-14-12-21(20)16-26(29)27(30)23-11-13-28-25-10-9-22(17-24(23)25)31-15-7-5-6-8-19(2)3;;/h4,9-11,13,17,19-21,26-27,30H,1,5-8,12,14-16,18H2,2-3H3;2*1H. The van der Waals surface area contributed by atoms with Gasteiger partial charge in [-0.3, -0.25) is 9.88 Å². The van der Waals surface area contributed by atoms with Gasteiger partial charge in [-0.1, -0.05) is 39.2 Å². The first kappa shape index (κ1) is 27.9. The highest BCUT2D eigenvalue weighted by atomic mass is 35.5. The van der Waals surface area contributed by atoms with E-state index >= 15 is 0 Å². The third-order valence-corrected chi connectivity index (χ3v) is 7.28. The lowest BCUT2D eigenvalue weighted by Gasteiger charge is -2.50. The maximum absolute atomic E-state index is 11.4. The molecule has 5 unspecified atom stereocenters. The van der Waals surface area contributed by atoms with E-state index in [1.54, 1.807) is 0 Å². The summed E-state index contributed by atoms with van der Waals surface area (Å²) in [5.41, 5.74) is 1.89. The number of benzene rings is 1. The van der Waals surface area contributed by atoms with Crippen molar-refractivity contribution in [3.05, 3.63) is 48.7 Å². The molecule has 3 fully saturated rings. The van der Waals surface area contributed by atoms with Crippen LogP contribution in [0.25, 0.3) is 10.9 Å². The molecular formula is C27H40Cl2N2O2. The molecule has 5 rings (SSSR count). The van der Waals surface area contributed by atoms with Crippen molar-refractivity contribution < 1.29 is 9.84 Å². The van der Waals surface area contributed by atoms with Gasteiger partial charge in [0.2, 0.25) is 0 Å². The van der Waals surface area contributed by atoms with Crippen LogP contribution in [0.15, 0.2) is 43.1 Å². The molecule has 4 nitrogen and oxygen atoms in total. The first-order chi connectivity index (χ1) is 15.1. The van der Waals surface area contributed by atoms with Crippen LogP contribution in [0.4, 0.5) is 0 Å². The number of pyridine rings is 1. The summed E-state index contributed by atoms with van der Waals surface area (Å²) >= 11 is 0. The van der Waals surface area contributed by atoms with Gasteiger partial charge in [0.15, 0.2) is 0 Å². The molecule has 0 saturated carbocycles. The smallest absolute Gasteiger partial charge is 0.120 e. The fourth-order valence-corrected chi connectivity index (χ4v) is 5.43. The number of piperidine rings is 3. The number of fused-ring (bicyclic) bond motifs is 4. The number of ether oxygens (including phenoxy) is 1. The minimum Gasteiger partial charge on any atom is -0.494 e. The van der Waals surface area contributed by atoms with Gasteiger partial charge in [-0.25, -0.2) is 0 Å². The van der Waals surface area contributed by atoms with E-state index in [0.717, 1.165) is 60.7 Å². The molecule has 3 aliphatic rings. The molecule has 0 amide bonds. The van der Waals surface area contributed by atoms with E-state index < -0.39 is 6.10 Å². The largest absolute Gasteiger partial charge is 0.494 e. The van der Waals surface area contributed by atoms with Crippen LogP contribution in [-0.4, -0.2) is 40.7 Å². The van der Waals surface area contributed by atoms with Gasteiger partial charge in [-0.2, -0.15) is 0 Å². The SMILES string of the molecule is C=CC1CN2CCC1CC2C(O)c1ccnc2ccc(OCCCCCC(C)C)cc12.Cl.Cl. The zero-order valence-corrected chi connectivity index (χ0v) is 21.6. The van der Waals surface area contributed by atoms with Crippen LogP contribution >= 0.6 is 24.8 Å². The molecule has 0 spiro atoms. The molecule has 1 N–H and O–H groups in total. The number of aliphatic hydroxyl groups is 1. The van der Waals surface area contributed by atoms with Gasteiger partial charge >= 0.3 is 0 Å². The van der Waals surface area contributed by atoms with Crippen LogP contribution in [0.5, 0.6) is 5.75 Å². The van der Waals surface area contributed by atoms with Gasteiger partial charge < -0.3 is 9.84 Å².